The van der Waals surface area contributed by atoms with Crippen LogP contribution in [0, 0.1) is 5.92 Å². The Morgan fingerprint density at radius 2 is 2.19 bits per heavy atom. The summed E-state index contributed by atoms with van der Waals surface area (Å²) >= 11 is 0. The number of nitrogens with zero attached hydrogens (tertiary/aromatic N) is 3. The molecule has 3 atom stereocenters. The molecule has 0 saturated carbocycles. The predicted molar refractivity (Wildman–Crippen MR) is 113 cm³/mol. The maximum absolute atomic E-state index is 13.3. The Morgan fingerprint density at radius 1 is 1.42 bits per heavy atom. The fourth-order valence-electron chi connectivity index (χ4n) is 5.44. The Hall–Kier alpha value is -3.20. The summed E-state index contributed by atoms with van der Waals surface area (Å²) in [5.74, 6) is 0.478. The fraction of sp³-hybridized carbons (Fsp3) is 0.455. The van der Waals surface area contributed by atoms with Gasteiger partial charge in [-0.2, -0.15) is 0 Å². The van der Waals surface area contributed by atoms with Gasteiger partial charge in [-0.3, -0.25) is 19.3 Å². The van der Waals surface area contributed by atoms with Crippen LogP contribution in [0.2, 0.25) is 0 Å². The molecule has 0 unspecified atom stereocenters. The molecule has 164 valence electrons. The minimum absolute atomic E-state index is 0.0320. The molecule has 2 saturated heterocycles. The Kier molecular flexibility index (Phi) is 5.77. The molecule has 0 aliphatic carbocycles. The summed E-state index contributed by atoms with van der Waals surface area (Å²) in [7, 11) is 1.95. The second-order valence-corrected chi connectivity index (χ2v) is 8.14. The van der Waals surface area contributed by atoms with Crippen LogP contribution in [0.3, 0.4) is 0 Å². The quantitative estimate of drug-likeness (QED) is 0.632. The number of carbonyl (C=O) groups is 3. The van der Waals surface area contributed by atoms with Crippen molar-refractivity contribution < 1.29 is 19.5 Å². The maximum atomic E-state index is 13.3. The van der Waals surface area contributed by atoms with Crippen LogP contribution in [0.25, 0.3) is 0 Å². The number of benzene rings is 1. The summed E-state index contributed by atoms with van der Waals surface area (Å²) in [6, 6.07) is 8.11. The summed E-state index contributed by atoms with van der Waals surface area (Å²) in [6.07, 6.45) is 7.19. The van der Waals surface area contributed by atoms with Gasteiger partial charge in [0.1, 0.15) is 11.4 Å². The lowest BCUT2D eigenvalue weighted by Gasteiger charge is -2.36. The molecule has 9 nitrogen and oxygen atoms in total. The summed E-state index contributed by atoms with van der Waals surface area (Å²) in [5.41, 5.74) is 0.921. The number of rotatable bonds is 4. The number of carbonyl (C=O) groups excluding carboxylic acids is 2. The van der Waals surface area contributed by atoms with Gasteiger partial charge in [-0.1, -0.05) is 18.2 Å². The average molecular weight is 425 g/mol. The van der Waals surface area contributed by atoms with E-state index in [-0.39, 0.29) is 24.2 Å². The zero-order chi connectivity index (χ0) is 22.0. The van der Waals surface area contributed by atoms with Gasteiger partial charge in [-0.15, -0.1) is 0 Å². The molecular formula is C22H27N5O4. The van der Waals surface area contributed by atoms with Crippen LogP contribution in [0.1, 0.15) is 30.7 Å². The van der Waals surface area contributed by atoms with Crippen LogP contribution >= 0.6 is 0 Å². The Morgan fingerprint density at radius 3 is 2.94 bits per heavy atom. The van der Waals surface area contributed by atoms with E-state index >= 15 is 0 Å². The van der Waals surface area contributed by atoms with E-state index in [0.29, 0.717) is 19.0 Å². The number of fused-ring (bicyclic) bond motifs is 4. The molecule has 3 N–H and O–H groups in total. The average Bonchev–Trinajstić information content (AvgIpc) is 3.49. The Bertz CT molecular complexity index is 990. The number of hydrogen-bond donors (Lipinski definition) is 3. The van der Waals surface area contributed by atoms with Gasteiger partial charge in [0.15, 0.2) is 0 Å². The number of anilines is 1. The third kappa shape index (κ3) is 3.38. The van der Waals surface area contributed by atoms with E-state index in [4.69, 9.17) is 9.90 Å². The zero-order valence-electron chi connectivity index (χ0n) is 17.5. The van der Waals surface area contributed by atoms with Crippen LogP contribution in [-0.2, 0) is 33.4 Å². The highest BCUT2D eigenvalue weighted by Gasteiger charge is 2.65. The third-order valence-electron chi connectivity index (χ3n) is 6.66. The third-order valence-corrected chi connectivity index (χ3v) is 6.66. The number of para-hydroxylation sites is 1. The largest absolute Gasteiger partial charge is 0.483 e. The van der Waals surface area contributed by atoms with E-state index in [0.717, 1.165) is 42.9 Å². The highest BCUT2D eigenvalue weighted by Crippen LogP contribution is 2.55. The van der Waals surface area contributed by atoms with Crippen molar-refractivity contribution in [3.63, 3.8) is 0 Å². The number of aryl methyl sites for hydroxylation is 1. The molecule has 31 heavy (non-hydrogen) atoms. The van der Waals surface area contributed by atoms with Crippen molar-refractivity contribution in [2.24, 2.45) is 13.0 Å². The lowest BCUT2D eigenvalue weighted by atomic mass is 9.78. The molecule has 1 spiro atoms. The normalized spacial score (nSPS) is 26.0. The zero-order valence-corrected chi connectivity index (χ0v) is 17.5. The van der Waals surface area contributed by atoms with Crippen molar-refractivity contribution in [1.82, 2.24) is 19.8 Å². The van der Waals surface area contributed by atoms with Crippen molar-refractivity contribution in [3.05, 3.63) is 48.0 Å². The standard InChI is InChI=1S/C21H25N5O2.CH2O2/c1-25-12-10-22-18(25)8-9-23-19(27)16-13-14-5-4-11-26(14)21(16)15-6-2-3-7-17(15)24-20(21)28;2-1-3/h2-3,6-7,10,12,14,16H,4-5,8-9,11,13H2,1H3,(H,23,27)(H,24,28);1H,(H,2,3)/t14-,16-,21+;/m1./s1. The molecule has 0 bridgehead atoms. The van der Waals surface area contributed by atoms with Crippen LogP contribution in [-0.4, -0.2) is 57.0 Å². The van der Waals surface area contributed by atoms with Gasteiger partial charge in [0.2, 0.25) is 11.8 Å². The van der Waals surface area contributed by atoms with Crippen LogP contribution in [0.15, 0.2) is 36.7 Å². The van der Waals surface area contributed by atoms with Gasteiger partial charge in [-0.05, 0) is 31.9 Å². The van der Waals surface area contributed by atoms with E-state index < -0.39 is 5.54 Å². The lowest BCUT2D eigenvalue weighted by molar-refractivity contribution is -0.137. The highest BCUT2D eigenvalue weighted by molar-refractivity contribution is 6.09. The number of aromatic nitrogens is 2. The van der Waals surface area contributed by atoms with Gasteiger partial charge >= 0.3 is 0 Å². The van der Waals surface area contributed by atoms with Crippen LogP contribution in [0.5, 0.6) is 0 Å². The minimum Gasteiger partial charge on any atom is -0.483 e. The summed E-state index contributed by atoms with van der Waals surface area (Å²) < 4.78 is 1.96. The molecule has 0 radical (unpaired) electrons. The molecule has 1 aromatic carbocycles. The number of amides is 2. The second-order valence-electron chi connectivity index (χ2n) is 8.14. The monoisotopic (exact) mass is 425 g/mol. The molecule has 5 rings (SSSR count). The van der Waals surface area contributed by atoms with E-state index in [1.54, 1.807) is 6.20 Å². The number of nitrogens with one attached hydrogen (secondary N) is 2. The summed E-state index contributed by atoms with van der Waals surface area (Å²) in [4.78, 5) is 41.5. The van der Waals surface area contributed by atoms with E-state index in [1.165, 1.54) is 0 Å². The molecule has 3 aliphatic rings. The van der Waals surface area contributed by atoms with Gasteiger partial charge in [0, 0.05) is 49.7 Å². The van der Waals surface area contributed by atoms with Gasteiger partial charge in [0.05, 0.1) is 5.92 Å². The molecule has 2 amide bonds. The van der Waals surface area contributed by atoms with E-state index in [2.05, 4.69) is 20.5 Å². The summed E-state index contributed by atoms with van der Waals surface area (Å²) in [6.45, 7) is 1.13. The first kappa shape index (κ1) is 21.0. The first-order chi connectivity index (χ1) is 15.0. The summed E-state index contributed by atoms with van der Waals surface area (Å²) in [5, 5.41) is 13.0. The first-order valence-corrected chi connectivity index (χ1v) is 10.5. The van der Waals surface area contributed by atoms with Crippen molar-refractivity contribution in [3.8, 4) is 0 Å². The molecular weight excluding hydrogens is 398 g/mol. The van der Waals surface area contributed by atoms with Gasteiger partial charge in [0.25, 0.3) is 6.47 Å². The van der Waals surface area contributed by atoms with Crippen molar-refractivity contribution in [2.75, 3.05) is 18.4 Å². The van der Waals surface area contributed by atoms with Crippen molar-refractivity contribution in [1.29, 1.82) is 0 Å². The van der Waals surface area contributed by atoms with Crippen molar-refractivity contribution >= 4 is 24.0 Å². The minimum atomic E-state index is -0.870. The Balaban J connectivity index is 0.000000730. The number of imidazole rings is 1. The van der Waals surface area contributed by atoms with Gasteiger partial charge in [-0.25, -0.2) is 4.98 Å². The molecule has 2 fully saturated rings. The topological polar surface area (TPSA) is 117 Å². The molecule has 1 aromatic heterocycles. The molecule has 3 aliphatic heterocycles. The van der Waals surface area contributed by atoms with E-state index in [9.17, 15) is 9.59 Å². The highest BCUT2D eigenvalue weighted by atomic mass is 16.3. The number of carboxylic acid groups (broad SMARTS) is 1. The van der Waals surface area contributed by atoms with Crippen molar-refractivity contribution in [2.45, 2.75) is 37.3 Å². The smallest absolute Gasteiger partial charge is 0.290 e. The predicted octanol–water partition coefficient (Wildman–Crippen LogP) is 1.11. The molecule has 4 heterocycles. The van der Waals surface area contributed by atoms with E-state index in [1.807, 2.05) is 42.1 Å². The lowest BCUT2D eigenvalue weighted by Crippen LogP contribution is -2.54. The first-order valence-electron chi connectivity index (χ1n) is 10.5. The second kappa shape index (κ2) is 8.50. The van der Waals surface area contributed by atoms with Crippen LogP contribution in [0.4, 0.5) is 5.69 Å². The Labute approximate surface area is 180 Å². The maximum Gasteiger partial charge on any atom is 0.290 e. The van der Waals surface area contributed by atoms with Gasteiger partial charge < -0.3 is 20.3 Å². The SMILES string of the molecule is Cn1ccnc1CCNC(=O)[C@H]1C[C@H]2CCCN2[C@]12C(=O)Nc1ccccc12.O=CO. The molecule has 9 heteroatoms. The fourth-order valence-corrected chi connectivity index (χ4v) is 5.44. The van der Waals surface area contributed by atoms with Crippen LogP contribution < -0.4 is 10.6 Å². The molecule has 2 aromatic rings. The number of hydrogen-bond acceptors (Lipinski definition) is 5.